The van der Waals surface area contributed by atoms with Crippen molar-refractivity contribution in [3.05, 3.63) is 43.8 Å². The van der Waals surface area contributed by atoms with Gasteiger partial charge < -0.3 is 5.11 Å². The molecule has 1 rings (SSSR count). The van der Waals surface area contributed by atoms with Gasteiger partial charge in [0.1, 0.15) is 5.54 Å². The van der Waals surface area contributed by atoms with E-state index in [4.69, 9.17) is 5.53 Å². The maximum Gasteiger partial charge on any atom is 0.328 e. The van der Waals surface area contributed by atoms with E-state index in [1.165, 1.54) is 0 Å². The van der Waals surface area contributed by atoms with Crippen LogP contribution in [0.2, 0.25) is 0 Å². The minimum Gasteiger partial charge on any atom is -0.480 e. The highest BCUT2D eigenvalue weighted by atomic mass is 127. The molecule has 7 heteroatoms. The van der Waals surface area contributed by atoms with Crippen molar-refractivity contribution in [1.29, 1.82) is 0 Å². The summed E-state index contributed by atoms with van der Waals surface area (Å²) >= 11 is 2.17. The van der Waals surface area contributed by atoms with Crippen molar-refractivity contribution >= 4 is 28.6 Å². The summed E-state index contributed by atoms with van der Waals surface area (Å²) < 4.78 is 1.05. The first-order chi connectivity index (χ1) is 9.00. The van der Waals surface area contributed by atoms with E-state index in [0.717, 1.165) is 3.57 Å². The monoisotopic (exact) mass is 374 g/mol. The van der Waals surface area contributed by atoms with Gasteiger partial charge in [-0.1, -0.05) is 17.2 Å². The van der Waals surface area contributed by atoms with E-state index in [1.807, 2.05) is 12.1 Å². The van der Waals surface area contributed by atoms with Crippen molar-refractivity contribution in [2.75, 3.05) is 13.1 Å². The molecule has 19 heavy (non-hydrogen) atoms. The minimum absolute atomic E-state index is 0.353. The van der Waals surface area contributed by atoms with Crippen molar-refractivity contribution in [2.45, 2.75) is 18.9 Å². The van der Waals surface area contributed by atoms with Crippen molar-refractivity contribution in [3.63, 3.8) is 0 Å². The molecule has 2 N–H and O–H groups in total. The number of hydrogen-bond acceptors (Lipinski definition) is 3. The van der Waals surface area contributed by atoms with Gasteiger partial charge >= 0.3 is 5.97 Å². The first-order valence-electron chi connectivity index (χ1n) is 5.76. The number of azide groups is 1. The van der Waals surface area contributed by atoms with E-state index in [9.17, 15) is 9.90 Å². The average Bonchev–Trinajstić information content (AvgIpc) is 2.38. The molecule has 0 aliphatic carbocycles. The van der Waals surface area contributed by atoms with Gasteiger partial charge in [-0.2, -0.15) is 0 Å². The van der Waals surface area contributed by atoms with Crippen LogP contribution >= 0.6 is 22.6 Å². The molecule has 102 valence electrons. The molecule has 0 aliphatic heterocycles. The number of carboxylic acids is 1. The van der Waals surface area contributed by atoms with Gasteiger partial charge in [-0.15, -0.1) is 0 Å². The Morgan fingerprint density at radius 2 is 2.16 bits per heavy atom. The molecule has 1 atom stereocenters. The van der Waals surface area contributed by atoms with Crippen LogP contribution in [0.4, 0.5) is 0 Å². The largest absolute Gasteiger partial charge is 0.480 e. The number of aliphatic carboxylic acids is 1. The average molecular weight is 374 g/mol. The van der Waals surface area contributed by atoms with Gasteiger partial charge in [0, 0.05) is 15.0 Å². The van der Waals surface area contributed by atoms with Crippen LogP contribution in [0.15, 0.2) is 29.4 Å². The summed E-state index contributed by atoms with van der Waals surface area (Å²) in [5.41, 5.74) is 7.72. The minimum atomic E-state index is -1.14. The molecule has 0 fully saturated rings. The zero-order chi connectivity index (χ0) is 14.3. The molecule has 6 nitrogen and oxygen atoms in total. The summed E-state index contributed by atoms with van der Waals surface area (Å²) in [6.45, 7) is 2.45. The van der Waals surface area contributed by atoms with Gasteiger partial charge in [0.15, 0.2) is 0 Å². The molecular formula is C12H15IN4O2. The van der Waals surface area contributed by atoms with Gasteiger partial charge in [0.25, 0.3) is 0 Å². The summed E-state index contributed by atoms with van der Waals surface area (Å²) in [5, 5.41) is 15.8. The SMILES string of the molecule is CC(NCCCN=[N+]=[N-])(C(=O)O)c1ccc(I)cc1. The van der Waals surface area contributed by atoms with Crippen LogP contribution in [-0.2, 0) is 10.3 Å². The van der Waals surface area contributed by atoms with Crippen molar-refractivity contribution in [2.24, 2.45) is 5.11 Å². The van der Waals surface area contributed by atoms with E-state index >= 15 is 0 Å². The maximum absolute atomic E-state index is 11.5. The fourth-order valence-corrected chi connectivity index (χ4v) is 1.98. The van der Waals surface area contributed by atoms with E-state index in [1.54, 1.807) is 19.1 Å². The third-order valence-electron chi connectivity index (χ3n) is 2.83. The fourth-order valence-electron chi connectivity index (χ4n) is 1.62. The number of hydrogen-bond donors (Lipinski definition) is 2. The molecule has 0 heterocycles. The second-order valence-electron chi connectivity index (χ2n) is 4.17. The van der Waals surface area contributed by atoms with Gasteiger partial charge in [0.05, 0.1) is 0 Å². The van der Waals surface area contributed by atoms with E-state index in [0.29, 0.717) is 25.1 Å². The summed E-state index contributed by atoms with van der Waals surface area (Å²) in [7, 11) is 0. The van der Waals surface area contributed by atoms with E-state index in [2.05, 4.69) is 37.9 Å². The molecule has 0 saturated carbocycles. The highest BCUT2D eigenvalue weighted by molar-refractivity contribution is 14.1. The van der Waals surface area contributed by atoms with Gasteiger partial charge in [0.2, 0.25) is 0 Å². The molecule has 0 bridgehead atoms. The lowest BCUT2D eigenvalue weighted by atomic mass is 9.92. The number of rotatable bonds is 7. The van der Waals surface area contributed by atoms with Gasteiger partial charge in [-0.3, -0.25) is 5.32 Å². The van der Waals surface area contributed by atoms with Gasteiger partial charge in [-0.05, 0) is 65.7 Å². The number of nitrogens with zero attached hydrogens (tertiary/aromatic N) is 3. The molecule has 0 spiro atoms. The predicted molar refractivity (Wildman–Crippen MR) is 80.8 cm³/mol. The Labute approximate surface area is 125 Å². The zero-order valence-corrected chi connectivity index (χ0v) is 12.7. The normalized spacial score (nSPS) is 13.4. The molecule has 1 unspecified atom stereocenters. The van der Waals surface area contributed by atoms with Crippen molar-refractivity contribution < 1.29 is 9.90 Å². The molecule has 1 aromatic rings. The Morgan fingerprint density at radius 1 is 1.53 bits per heavy atom. The molecular weight excluding hydrogens is 359 g/mol. The Hall–Kier alpha value is -1.31. The lowest BCUT2D eigenvalue weighted by Gasteiger charge is -2.27. The zero-order valence-electron chi connectivity index (χ0n) is 10.5. The Morgan fingerprint density at radius 3 is 2.68 bits per heavy atom. The third-order valence-corrected chi connectivity index (χ3v) is 3.55. The highest BCUT2D eigenvalue weighted by Gasteiger charge is 2.34. The number of carbonyl (C=O) groups is 1. The van der Waals surface area contributed by atoms with Crippen LogP contribution in [0.1, 0.15) is 18.9 Å². The fraction of sp³-hybridized carbons (Fsp3) is 0.417. The van der Waals surface area contributed by atoms with Crippen LogP contribution in [0.25, 0.3) is 10.4 Å². The third kappa shape index (κ3) is 4.38. The number of carboxylic acid groups (broad SMARTS) is 1. The molecule has 0 amide bonds. The molecule has 0 saturated heterocycles. The van der Waals surface area contributed by atoms with Crippen LogP contribution in [0, 0.1) is 3.57 Å². The van der Waals surface area contributed by atoms with Crippen LogP contribution in [0.3, 0.4) is 0 Å². The first-order valence-corrected chi connectivity index (χ1v) is 6.84. The quantitative estimate of drug-likeness (QED) is 0.252. The molecule has 0 aliphatic rings. The number of benzene rings is 1. The van der Waals surface area contributed by atoms with Crippen LogP contribution in [0.5, 0.6) is 0 Å². The van der Waals surface area contributed by atoms with Crippen molar-refractivity contribution in [1.82, 2.24) is 5.32 Å². The molecule has 0 radical (unpaired) electrons. The lowest BCUT2D eigenvalue weighted by molar-refractivity contribution is -0.144. The molecule has 1 aromatic carbocycles. The second-order valence-corrected chi connectivity index (χ2v) is 5.42. The van der Waals surface area contributed by atoms with Gasteiger partial charge in [-0.25, -0.2) is 4.79 Å². The van der Waals surface area contributed by atoms with Crippen LogP contribution < -0.4 is 5.32 Å². The standard InChI is InChI=1S/C12H15IN4O2/c1-12(11(18)19,15-7-2-8-16-17-14)9-3-5-10(13)6-4-9/h3-6,15H,2,7-8H2,1H3,(H,18,19). The van der Waals surface area contributed by atoms with E-state index in [-0.39, 0.29) is 0 Å². The number of halogens is 1. The predicted octanol–water partition coefficient (Wildman–Crippen LogP) is 2.88. The summed E-state index contributed by atoms with van der Waals surface area (Å²) in [6.07, 6.45) is 0.595. The Kier molecular flexibility index (Phi) is 6.07. The maximum atomic E-state index is 11.5. The Bertz CT molecular complexity index is 485. The van der Waals surface area contributed by atoms with Crippen LogP contribution in [-0.4, -0.2) is 24.2 Å². The topological polar surface area (TPSA) is 98.1 Å². The number of nitrogens with one attached hydrogen (secondary N) is 1. The lowest BCUT2D eigenvalue weighted by Crippen LogP contribution is -2.47. The smallest absolute Gasteiger partial charge is 0.328 e. The van der Waals surface area contributed by atoms with E-state index < -0.39 is 11.5 Å². The first kappa shape index (κ1) is 15.7. The summed E-state index contributed by atoms with van der Waals surface area (Å²) in [5.74, 6) is -0.933. The second kappa shape index (κ2) is 7.32. The highest BCUT2D eigenvalue weighted by Crippen LogP contribution is 2.22. The summed E-state index contributed by atoms with van der Waals surface area (Å²) in [4.78, 5) is 14.1. The Balaban J connectivity index is 2.76. The summed E-state index contributed by atoms with van der Waals surface area (Å²) in [6, 6.07) is 7.35. The van der Waals surface area contributed by atoms with Crippen molar-refractivity contribution in [3.8, 4) is 0 Å². The molecule has 0 aromatic heterocycles.